The molecule has 3 atom stereocenters. The summed E-state index contributed by atoms with van der Waals surface area (Å²) in [6, 6.07) is -0.904. The van der Waals surface area contributed by atoms with Crippen molar-refractivity contribution in [2.24, 2.45) is 5.18 Å². The lowest BCUT2D eigenvalue weighted by atomic mass is 10.0. The maximum atomic E-state index is 13.0. The van der Waals surface area contributed by atoms with Crippen LogP contribution in [0.25, 0.3) is 5.78 Å². The van der Waals surface area contributed by atoms with Gasteiger partial charge < -0.3 is 21.3 Å². The number of aryl methyl sites for hydroxylation is 1. The van der Waals surface area contributed by atoms with Crippen LogP contribution in [-0.4, -0.2) is 86.4 Å². The zero-order chi connectivity index (χ0) is 28.0. The second kappa shape index (κ2) is 10.2. The highest BCUT2D eigenvalue weighted by atomic mass is 32.2. The third-order valence-electron chi connectivity index (χ3n) is 5.71. The van der Waals surface area contributed by atoms with E-state index in [0.29, 0.717) is 16.3 Å². The Balaban J connectivity index is 1.34. The number of anilines is 1. The number of amides is 2. The minimum Gasteiger partial charge on any atom is -0.477 e. The minimum absolute atomic E-state index is 0.0543. The van der Waals surface area contributed by atoms with Crippen molar-refractivity contribution >= 4 is 69.5 Å². The Bertz CT molecular complexity index is 1590. The zero-order valence-electron chi connectivity index (χ0n) is 19.7. The van der Waals surface area contributed by atoms with Gasteiger partial charge >= 0.3 is 11.9 Å². The van der Waals surface area contributed by atoms with Crippen molar-refractivity contribution in [1.82, 2.24) is 34.8 Å². The number of carboxylic acid groups (broad SMARTS) is 2. The summed E-state index contributed by atoms with van der Waals surface area (Å²) in [5.74, 6) is -4.09. The predicted octanol–water partition coefficient (Wildman–Crippen LogP) is 0.508. The van der Waals surface area contributed by atoms with Gasteiger partial charge in [0.1, 0.15) is 22.1 Å². The number of aromatic carboxylic acids is 1. The molecule has 0 bridgehead atoms. The molecule has 3 aromatic heterocycles. The first kappa shape index (κ1) is 26.5. The molecular weight excluding hydrogens is 574 g/mol. The molecule has 5 N–H and O–H groups in total. The van der Waals surface area contributed by atoms with Crippen LogP contribution in [0.5, 0.6) is 0 Å². The van der Waals surface area contributed by atoms with Gasteiger partial charge in [0.25, 0.3) is 23.4 Å². The van der Waals surface area contributed by atoms with Crippen LogP contribution in [-0.2, 0) is 14.4 Å². The molecule has 1 saturated heterocycles. The smallest absolute Gasteiger partial charge is 0.375 e. The van der Waals surface area contributed by atoms with Gasteiger partial charge in [-0.2, -0.15) is 9.50 Å². The number of aromatic nitrogens is 5. The van der Waals surface area contributed by atoms with Gasteiger partial charge in [-0.3, -0.25) is 14.5 Å². The molecule has 2 aliphatic rings. The summed E-state index contributed by atoms with van der Waals surface area (Å²) in [6.45, 7) is 1.70. The summed E-state index contributed by atoms with van der Waals surface area (Å²) in [6.07, 6.45) is 0. The number of β-lactam (4-membered cyclic amide) rings is 1. The van der Waals surface area contributed by atoms with E-state index in [1.807, 2.05) is 0 Å². The number of carbonyl (C=O) groups is 4. The van der Waals surface area contributed by atoms with E-state index in [9.17, 15) is 34.3 Å². The maximum absolute atomic E-state index is 13.0. The summed E-state index contributed by atoms with van der Waals surface area (Å²) < 4.78 is 1.26. The van der Waals surface area contributed by atoms with Crippen molar-refractivity contribution in [1.29, 1.82) is 0 Å². The Morgan fingerprint density at radius 3 is 2.69 bits per heavy atom. The van der Waals surface area contributed by atoms with Crippen molar-refractivity contribution < 1.29 is 29.4 Å². The fourth-order valence-electron chi connectivity index (χ4n) is 4.00. The third-order valence-corrected chi connectivity index (χ3v) is 8.83. The highest BCUT2D eigenvalue weighted by Crippen LogP contribution is 2.42. The van der Waals surface area contributed by atoms with Crippen LogP contribution in [0.15, 0.2) is 32.9 Å². The molecule has 0 saturated carbocycles. The lowest BCUT2D eigenvalue weighted by Gasteiger charge is -2.49. The maximum Gasteiger partial charge on any atom is 0.375 e. The number of carbonyl (C=O) groups excluding carboxylic acids is 2. The monoisotopic (exact) mass is 591 g/mol. The van der Waals surface area contributed by atoms with Gasteiger partial charge in [-0.15, -0.1) is 44.9 Å². The average molecular weight is 592 g/mol. The number of aliphatic carboxylic acids is 1. The van der Waals surface area contributed by atoms with Crippen molar-refractivity contribution in [2.75, 3.05) is 17.2 Å². The van der Waals surface area contributed by atoms with Crippen LogP contribution in [0.4, 0.5) is 5.13 Å². The molecule has 3 aromatic rings. The topological polar surface area (TPSA) is 235 Å². The molecule has 5 rings (SSSR count). The highest BCUT2D eigenvalue weighted by Gasteiger charge is 2.54. The van der Waals surface area contributed by atoms with E-state index in [1.54, 1.807) is 13.0 Å². The lowest BCUT2D eigenvalue weighted by molar-refractivity contribution is -0.150. The van der Waals surface area contributed by atoms with Crippen LogP contribution in [0, 0.1) is 11.8 Å². The summed E-state index contributed by atoms with van der Waals surface area (Å²) in [5.41, 5.74) is 6.41. The first-order valence-corrected chi connectivity index (χ1v) is 13.8. The van der Waals surface area contributed by atoms with Crippen LogP contribution in [0.2, 0.25) is 0 Å². The van der Waals surface area contributed by atoms with Gasteiger partial charge in [0.15, 0.2) is 5.13 Å². The number of nitrogen functional groups attached to an aromatic ring is 1. The van der Waals surface area contributed by atoms with Crippen molar-refractivity contribution in [3.8, 4) is 0 Å². The molecular formula is C20H17N9O7S3. The van der Waals surface area contributed by atoms with Gasteiger partial charge in [0.05, 0.1) is 5.69 Å². The number of nitrogens with two attached hydrogens (primary N) is 1. The largest absolute Gasteiger partial charge is 0.477 e. The van der Waals surface area contributed by atoms with Gasteiger partial charge in [0, 0.05) is 22.6 Å². The van der Waals surface area contributed by atoms with Crippen LogP contribution < -0.4 is 11.1 Å². The number of nitrogens with zero attached hydrogens (tertiary/aromatic N) is 7. The quantitative estimate of drug-likeness (QED) is 0.115. The number of thioether (sulfide) groups is 2. The fraction of sp³-hybridized carbons (Fsp3) is 0.300. The van der Waals surface area contributed by atoms with Crippen molar-refractivity contribution in [3.63, 3.8) is 0 Å². The Morgan fingerprint density at radius 1 is 1.28 bits per heavy atom. The number of fused-ring (bicyclic) bond motifs is 2. The van der Waals surface area contributed by atoms with Gasteiger partial charge in [-0.05, 0) is 23.7 Å². The van der Waals surface area contributed by atoms with Gasteiger partial charge in [-0.1, -0.05) is 0 Å². The number of carboxylic acids is 2. The Kier molecular flexibility index (Phi) is 6.95. The Labute approximate surface area is 230 Å². The molecule has 1 fully saturated rings. The van der Waals surface area contributed by atoms with Gasteiger partial charge in [-0.25, -0.2) is 19.6 Å². The summed E-state index contributed by atoms with van der Waals surface area (Å²) in [4.78, 5) is 73.5. The molecule has 0 aromatic carbocycles. The first-order valence-electron chi connectivity index (χ1n) is 10.9. The van der Waals surface area contributed by atoms with Gasteiger partial charge in [0.2, 0.25) is 6.04 Å². The average Bonchev–Trinajstić information content (AvgIpc) is 3.52. The van der Waals surface area contributed by atoms with E-state index >= 15 is 0 Å². The standard InChI is InChI=1S/C20H17N9O7S3/c1-6-2-9(29-20(22-6)25-13(26-29)18(34)35)37-3-7-4-38-16-11(15(31)28(16)12(7)17(32)33)24-14(30)10(27-36)8-5-39-19(21)23-8/h2,5,10-11,16H,3-4H2,1H3,(H2,21,23)(H,24,30)(H,32,33)(H,34,35)/t10?,11-,16-/m1/s1. The lowest BCUT2D eigenvalue weighted by Crippen LogP contribution is -2.70. The zero-order valence-corrected chi connectivity index (χ0v) is 22.1. The SMILES string of the molecule is Cc1cc(SCC2=C(C(=O)O)N3C(=O)[C@@H](NC(=O)C(N=O)c4csc(N)n4)[C@H]3SC2)n2nc(C(=O)O)nc2n1. The number of rotatable bonds is 9. The number of hydrogen-bond donors (Lipinski definition) is 4. The minimum atomic E-state index is -1.51. The van der Waals surface area contributed by atoms with E-state index in [1.165, 1.54) is 33.4 Å². The molecule has 2 aliphatic heterocycles. The van der Waals surface area contributed by atoms with Crippen molar-refractivity contribution in [2.45, 2.75) is 29.4 Å². The van der Waals surface area contributed by atoms with Crippen LogP contribution >= 0.6 is 34.9 Å². The molecule has 202 valence electrons. The second-order valence-corrected chi connectivity index (χ2v) is 11.2. The molecule has 0 radical (unpaired) electrons. The Hall–Kier alpha value is -4.10. The number of hydrogen-bond acceptors (Lipinski definition) is 14. The Morgan fingerprint density at radius 2 is 2.05 bits per heavy atom. The summed E-state index contributed by atoms with van der Waals surface area (Å²) in [7, 11) is 0. The fourth-order valence-corrected chi connectivity index (χ4v) is 7.11. The van der Waals surface area contributed by atoms with Crippen molar-refractivity contribution in [3.05, 3.63) is 44.8 Å². The third kappa shape index (κ3) is 4.79. The molecule has 0 spiro atoms. The number of thiazole rings is 1. The first-order chi connectivity index (χ1) is 18.6. The molecule has 5 heterocycles. The van der Waals surface area contributed by atoms with E-state index in [2.05, 4.69) is 30.5 Å². The predicted molar refractivity (Wildman–Crippen MR) is 138 cm³/mol. The highest BCUT2D eigenvalue weighted by molar-refractivity contribution is 8.01. The molecule has 16 nitrogen and oxygen atoms in total. The van der Waals surface area contributed by atoms with Crippen LogP contribution in [0.1, 0.15) is 28.0 Å². The summed E-state index contributed by atoms with van der Waals surface area (Å²) in [5, 5.41) is 29.7. The van der Waals surface area contributed by atoms with Crippen LogP contribution in [0.3, 0.4) is 0 Å². The molecule has 1 unspecified atom stereocenters. The molecule has 39 heavy (non-hydrogen) atoms. The molecule has 0 aliphatic carbocycles. The number of nitroso groups, excluding NO2 is 1. The normalized spacial score (nSPS) is 19.4. The van der Waals surface area contributed by atoms with E-state index in [4.69, 9.17) is 5.73 Å². The number of nitrogens with one attached hydrogen (secondary N) is 1. The van der Waals surface area contributed by atoms with E-state index < -0.39 is 47.0 Å². The summed E-state index contributed by atoms with van der Waals surface area (Å²) >= 11 is 3.47. The van der Waals surface area contributed by atoms with E-state index in [-0.39, 0.29) is 33.8 Å². The van der Waals surface area contributed by atoms with E-state index in [0.717, 1.165) is 16.2 Å². The second-order valence-electron chi connectivity index (χ2n) is 8.25. The molecule has 19 heteroatoms. The molecule has 2 amide bonds.